The average Bonchev–Trinajstić information content (AvgIpc) is 3.11. The molecule has 0 amide bonds. The molecule has 1 aliphatic heterocycles. The molecule has 0 bridgehead atoms. The van der Waals surface area contributed by atoms with Crippen LogP contribution in [0.3, 0.4) is 0 Å². The average molecular weight is 396 g/mol. The van der Waals surface area contributed by atoms with Crippen LogP contribution in [0, 0.1) is 5.41 Å². The molecule has 0 aliphatic carbocycles. The monoisotopic (exact) mass is 396 g/mol. The first kappa shape index (κ1) is 20.5. The maximum Gasteiger partial charge on any atom is 0.342 e. The van der Waals surface area contributed by atoms with E-state index < -0.39 is 18.0 Å². The van der Waals surface area contributed by atoms with Crippen molar-refractivity contribution in [2.24, 2.45) is 5.41 Å². The minimum atomic E-state index is -0.558. The highest BCUT2D eigenvalue weighted by Gasteiger charge is 2.28. The summed E-state index contributed by atoms with van der Waals surface area (Å²) in [5.74, 6) is 0.518. The normalized spacial score (nSPS) is 13.9. The summed E-state index contributed by atoms with van der Waals surface area (Å²) < 4.78 is 21.6. The Balaban J connectivity index is 1.80. The van der Waals surface area contributed by atoms with E-state index in [2.05, 4.69) is 0 Å². The standard InChI is InChI=1S/C23H24O6/c1-15(24)28-18-8-6-5-7-17(18)22(25)29-21(23(2,3)4)12-10-16-9-11-19-20(13-16)27-14-26-19/h5-13,21H,14H2,1-4H3/b12-10+. The third-order valence-corrected chi connectivity index (χ3v) is 4.31. The van der Waals surface area contributed by atoms with Gasteiger partial charge in [0.2, 0.25) is 6.79 Å². The molecule has 0 fully saturated rings. The maximum absolute atomic E-state index is 12.8. The molecule has 0 spiro atoms. The summed E-state index contributed by atoms with van der Waals surface area (Å²) in [6.07, 6.45) is 3.21. The molecule has 6 nitrogen and oxygen atoms in total. The second-order valence-electron chi connectivity index (χ2n) is 7.75. The Morgan fingerprint density at radius 1 is 1.07 bits per heavy atom. The minimum Gasteiger partial charge on any atom is -0.454 e. The number of carbonyl (C=O) groups is 2. The SMILES string of the molecule is CC(=O)Oc1ccccc1C(=O)OC(/C=C/c1ccc2c(c1)OCO2)C(C)(C)C. The molecule has 29 heavy (non-hydrogen) atoms. The first-order valence-electron chi connectivity index (χ1n) is 9.30. The zero-order valence-electron chi connectivity index (χ0n) is 16.9. The molecule has 0 radical (unpaired) electrons. The van der Waals surface area contributed by atoms with E-state index in [0.29, 0.717) is 11.5 Å². The molecule has 6 heteroatoms. The van der Waals surface area contributed by atoms with Crippen molar-refractivity contribution >= 4 is 18.0 Å². The van der Waals surface area contributed by atoms with Crippen LogP contribution in [0.4, 0.5) is 0 Å². The van der Waals surface area contributed by atoms with Crippen molar-refractivity contribution in [2.45, 2.75) is 33.8 Å². The van der Waals surface area contributed by atoms with Gasteiger partial charge in [-0.15, -0.1) is 0 Å². The largest absolute Gasteiger partial charge is 0.454 e. The summed E-state index contributed by atoms with van der Waals surface area (Å²) in [6.45, 7) is 7.44. The molecule has 1 heterocycles. The van der Waals surface area contributed by atoms with Gasteiger partial charge in [-0.25, -0.2) is 4.79 Å². The van der Waals surface area contributed by atoms with Gasteiger partial charge in [0.15, 0.2) is 11.5 Å². The molecular formula is C23H24O6. The topological polar surface area (TPSA) is 71.1 Å². The third kappa shape index (κ3) is 5.16. The summed E-state index contributed by atoms with van der Waals surface area (Å²) in [4.78, 5) is 24.1. The Kier molecular flexibility index (Phi) is 5.92. The third-order valence-electron chi connectivity index (χ3n) is 4.31. The van der Waals surface area contributed by atoms with Gasteiger partial charge >= 0.3 is 11.9 Å². The van der Waals surface area contributed by atoms with Crippen molar-refractivity contribution in [3.63, 3.8) is 0 Å². The van der Waals surface area contributed by atoms with E-state index in [0.717, 1.165) is 5.56 Å². The zero-order chi connectivity index (χ0) is 21.0. The van der Waals surface area contributed by atoms with Gasteiger partial charge in [0.1, 0.15) is 17.4 Å². The van der Waals surface area contributed by atoms with Crippen LogP contribution >= 0.6 is 0 Å². The van der Waals surface area contributed by atoms with Gasteiger partial charge in [0.25, 0.3) is 0 Å². The molecule has 0 N–H and O–H groups in total. The van der Waals surface area contributed by atoms with Crippen LogP contribution in [0.15, 0.2) is 48.5 Å². The lowest BCUT2D eigenvalue weighted by molar-refractivity contribution is -0.131. The van der Waals surface area contributed by atoms with Gasteiger partial charge in [-0.1, -0.05) is 45.0 Å². The fraction of sp³-hybridized carbons (Fsp3) is 0.304. The lowest BCUT2D eigenvalue weighted by Gasteiger charge is -2.28. The van der Waals surface area contributed by atoms with Crippen molar-refractivity contribution in [3.05, 3.63) is 59.7 Å². The quantitative estimate of drug-likeness (QED) is 0.542. The van der Waals surface area contributed by atoms with Crippen LogP contribution < -0.4 is 14.2 Å². The van der Waals surface area contributed by atoms with E-state index in [4.69, 9.17) is 18.9 Å². The first-order valence-corrected chi connectivity index (χ1v) is 9.30. The molecule has 2 aromatic carbocycles. The molecule has 2 aromatic rings. The second kappa shape index (κ2) is 8.39. The molecule has 152 valence electrons. The molecule has 1 aliphatic rings. The number of fused-ring (bicyclic) bond motifs is 1. The summed E-state index contributed by atoms with van der Waals surface area (Å²) in [7, 11) is 0. The van der Waals surface area contributed by atoms with Gasteiger partial charge in [0, 0.05) is 12.3 Å². The van der Waals surface area contributed by atoms with Crippen LogP contribution in [0.25, 0.3) is 6.08 Å². The summed E-state index contributed by atoms with van der Waals surface area (Å²) in [6, 6.07) is 12.1. The number of para-hydroxylation sites is 1. The number of carbonyl (C=O) groups excluding carboxylic acids is 2. The Hall–Kier alpha value is -3.28. The predicted molar refractivity (Wildman–Crippen MR) is 108 cm³/mol. The van der Waals surface area contributed by atoms with E-state index in [-0.39, 0.29) is 23.5 Å². The molecule has 1 atom stereocenters. The Labute approximate surface area is 170 Å². The van der Waals surface area contributed by atoms with Crippen LogP contribution in [-0.2, 0) is 9.53 Å². The lowest BCUT2D eigenvalue weighted by Crippen LogP contribution is -2.30. The van der Waals surface area contributed by atoms with Crippen molar-refractivity contribution in [1.29, 1.82) is 0 Å². The van der Waals surface area contributed by atoms with E-state index in [1.54, 1.807) is 24.3 Å². The van der Waals surface area contributed by atoms with Crippen LogP contribution in [0.1, 0.15) is 43.6 Å². The molecule has 0 aromatic heterocycles. The molecule has 0 saturated heterocycles. The molecular weight excluding hydrogens is 372 g/mol. The van der Waals surface area contributed by atoms with E-state index in [1.165, 1.54) is 6.92 Å². The molecule has 0 saturated carbocycles. The minimum absolute atomic E-state index is 0.178. The number of hydrogen-bond acceptors (Lipinski definition) is 6. The number of rotatable bonds is 5. The highest BCUT2D eigenvalue weighted by atomic mass is 16.7. The second-order valence-corrected chi connectivity index (χ2v) is 7.75. The highest BCUT2D eigenvalue weighted by molar-refractivity contribution is 5.93. The zero-order valence-corrected chi connectivity index (χ0v) is 16.9. The Morgan fingerprint density at radius 2 is 1.79 bits per heavy atom. The Morgan fingerprint density at radius 3 is 2.52 bits per heavy atom. The van der Waals surface area contributed by atoms with Crippen LogP contribution in [-0.4, -0.2) is 24.8 Å². The van der Waals surface area contributed by atoms with Gasteiger partial charge in [-0.2, -0.15) is 0 Å². The van der Waals surface area contributed by atoms with E-state index >= 15 is 0 Å². The van der Waals surface area contributed by atoms with Crippen molar-refractivity contribution < 1.29 is 28.5 Å². The molecule has 3 rings (SSSR count). The maximum atomic E-state index is 12.8. The molecule has 1 unspecified atom stereocenters. The van der Waals surface area contributed by atoms with E-state index in [9.17, 15) is 9.59 Å². The number of hydrogen-bond donors (Lipinski definition) is 0. The first-order chi connectivity index (χ1) is 13.7. The summed E-state index contributed by atoms with van der Waals surface area (Å²) in [5.41, 5.74) is 0.757. The van der Waals surface area contributed by atoms with Crippen molar-refractivity contribution in [1.82, 2.24) is 0 Å². The number of esters is 2. The highest BCUT2D eigenvalue weighted by Crippen LogP contribution is 2.33. The summed E-state index contributed by atoms with van der Waals surface area (Å²) >= 11 is 0. The number of ether oxygens (including phenoxy) is 4. The van der Waals surface area contributed by atoms with Crippen LogP contribution in [0.5, 0.6) is 17.2 Å². The predicted octanol–water partition coefficient (Wildman–Crippen LogP) is 4.63. The number of benzene rings is 2. The van der Waals surface area contributed by atoms with Crippen LogP contribution in [0.2, 0.25) is 0 Å². The smallest absolute Gasteiger partial charge is 0.342 e. The fourth-order valence-corrected chi connectivity index (χ4v) is 2.78. The van der Waals surface area contributed by atoms with E-state index in [1.807, 2.05) is 51.1 Å². The Bertz CT molecular complexity index is 939. The van der Waals surface area contributed by atoms with Gasteiger partial charge in [-0.05, 0) is 35.9 Å². The lowest BCUT2D eigenvalue weighted by atomic mass is 9.88. The van der Waals surface area contributed by atoms with Gasteiger partial charge in [-0.3, -0.25) is 4.79 Å². The fourth-order valence-electron chi connectivity index (χ4n) is 2.78. The van der Waals surface area contributed by atoms with Crippen molar-refractivity contribution in [3.8, 4) is 17.2 Å². The van der Waals surface area contributed by atoms with Crippen molar-refractivity contribution in [2.75, 3.05) is 6.79 Å². The van der Waals surface area contributed by atoms with Gasteiger partial charge < -0.3 is 18.9 Å². The summed E-state index contributed by atoms with van der Waals surface area (Å²) in [5, 5.41) is 0. The van der Waals surface area contributed by atoms with Gasteiger partial charge in [0.05, 0.1) is 0 Å².